The summed E-state index contributed by atoms with van der Waals surface area (Å²) in [5, 5.41) is 17.1. The van der Waals surface area contributed by atoms with Crippen molar-refractivity contribution >= 4 is 18.5 Å². The molecule has 4 nitrogen and oxygen atoms in total. The third-order valence-electron chi connectivity index (χ3n) is 17.0. The fraction of sp³-hybridized carbons (Fsp3) is 0.455. The molecular formula is C22H20FeNO3P. The zero-order chi connectivity index (χ0) is 18.4. The second-order valence-corrected chi connectivity index (χ2v) is 39.3. The van der Waals surface area contributed by atoms with Crippen LogP contribution in [-0.2, 0) is 6.51 Å². The molecule has 10 fully saturated rings. The van der Waals surface area contributed by atoms with E-state index in [1.807, 2.05) is 0 Å². The summed E-state index contributed by atoms with van der Waals surface area (Å²) in [6.45, 7) is -3.05. The Kier molecular flexibility index (Phi) is 0.739. The second-order valence-electron chi connectivity index (χ2n) is 12.9. The zero-order valence-corrected chi connectivity index (χ0v) is 17.0. The topological polar surface area (TPSA) is 63.4 Å². The molecule has 10 aliphatic rings. The predicted octanol–water partition coefficient (Wildman–Crippen LogP) is 5.07. The summed E-state index contributed by atoms with van der Waals surface area (Å²) in [7, 11) is -0.0683. The van der Waals surface area contributed by atoms with Gasteiger partial charge in [0.2, 0.25) is 0 Å². The van der Waals surface area contributed by atoms with Crippen molar-refractivity contribution in [1.29, 1.82) is 0 Å². The number of benzene rings is 2. The number of hydrogen-bond acceptors (Lipinski definition) is 2. The molecule has 1 N–H and O–H groups in total. The van der Waals surface area contributed by atoms with Crippen LogP contribution in [0.3, 0.4) is 0 Å². The molecule has 12 rings (SSSR count). The van der Waals surface area contributed by atoms with E-state index in [0.717, 1.165) is 4.05 Å². The summed E-state index contributed by atoms with van der Waals surface area (Å²) < 4.78 is 0.983. The van der Waals surface area contributed by atoms with Crippen molar-refractivity contribution in [2.75, 3.05) is 0 Å². The Bertz CT molecular complexity index is 1420. The van der Waals surface area contributed by atoms with E-state index in [1.54, 1.807) is 10.6 Å². The molecule has 0 radical (unpaired) electrons. The Labute approximate surface area is 153 Å². The molecule has 0 bridgehead atoms. The number of rotatable bonds is 3. The average Bonchev–Trinajstić information content (AvgIpc) is 3.63. The summed E-state index contributed by atoms with van der Waals surface area (Å²) >= 11 is 0. The van der Waals surface area contributed by atoms with E-state index in [1.165, 1.54) is 43.3 Å². The van der Waals surface area contributed by atoms with Crippen molar-refractivity contribution in [2.45, 2.75) is 47.4 Å². The van der Waals surface area contributed by atoms with Crippen molar-refractivity contribution in [2.24, 2.45) is 0 Å². The Balaban J connectivity index is 0.000000281. The van der Waals surface area contributed by atoms with Crippen LogP contribution in [0.2, 0.25) is 43.3 Å². The first-order valence-electron chi connectivity index (χ1n) is 10.3. The van der Waals surface area contributed by atoms with Gasteiger partial charge in [-0.3, -0.25) is 0 Å². The number of hydrogen-bond donors (Lipinski definition) is 1. The van der Waals surface area contributed by atoms with Crippen molar-refractivity contribution in [3.63, 3.8) is 0 Å². The Hall–Kier alpha value is -1.41. The molecule has 0 aromatic heterocycles. The van der Waals surface area contributed by atoms with Crippen molar-refractivity contribution in [3.8, 4) is 0 Å². The molecule has 0 saturated carbocycles. The Morgan fingerprint density at radius 3 is 1.39 bits per heavy atom. The fourth-order valence-corrected chi connectivity index (χ4v) is 107. The van der Waals surface area contributed by atoms with Crippen LogP contribution in [0.5, 0.6) is 0 Å². The summed E-state index contributed by atoms with van der Waals surface area (Å²) in [5.41, 5.74) is 0. The van der Waals surface area contributed by atoms with Crippen molar-refractivity contribution in [1.82, 2.24) is 0 Å². The van der Waals surface area contributed by atoms with E-state index in [0.29, 0.717) is 0 Å². The molecule has 4 atom stereocenters. The SMILES string of the molecule is O=[N+]([O-])O.c1ccc(P(c2ccccc2)[C]23[CH]4[CH]5[CH]6[CH]2[Fe]56432789[CH]3[CH]2[CH]7[CH]8[CH]39)cc1. The average molecular weight is 433 g/mol. The van der Waals surface area contributed by atoms with Gasteiger partial charge in [0.1, 0.15) is 0 Å². The van der Waals surface area contributed by atoms with Gasteiger partial charge in [0, 0.05) is 0 Å². The predicted molar refractivity (Wildman–Crippen MR) is 104 cm³/mol. The van der Waals surface area contributed by atoms with Gasteiger partial charge < -0.3 is 5.21 Å². The van der Waals surface area contributed by atoms with Crippen molar-refractivity contribution < 1.29 is 16.8 Å². The third kappa shape index (κ3) is 0.234. The van der Waals surface area contributed by atoms with Crippen LogP contribution in [0.4, 0.5) is 0 Å². The molecule has 28 heavy (non-hydrogen) atoms. The summed E-state index contributed by atoms with van der Waals surface area (Å²) in [4.78, 5) is 21.2. The second kappa shape index (κ2) is 1.59. The number of nitrogens with zero attached hydrogens (tertiary/aromatic N) is 1. The van der Waals surface area contributed by atoms with Crippen LogP contribution in [-0.4, -0.2) is 14.3 Å². The van der Waals surface area contributed by atoms with E-state index in [9.17, 15) is 0 Å². The van der Waals surface area contributed by atoms with E-state index < -0.39 is 11.6 Å². The first-order chi connectivity index (χ1) is 13.4. The van der Waals surface area contributed by atoms with Gasteiger partial charge in [0.05, 0.1) is 0 Å². The Morgan fingerprint density at radius 1 is 0.786 bits per heavy atom. The maximum atomic E-state index is 8.36. The van der Waals surface area contributed by atoms with E-state index in [-0.39, 0.29) is 7.92 Å². The number of fused-ring (bicyclic) bond motifs is 10. The van der Waals surface area contributed by atoms with Crippen LogP contribution in [0, 0.1) is 10.1 Å². The minimum atomic E-state index is -3.05. The molecular weight excluding hydrogens is 413 g/mol. The molecule has 144 valence electrons. The fourth-order valence-electron chi connectivity index (χ4n) is 18.4. The quantitative estimate of drug-likeness (QED) is 0.318. The molecule has 6 heteroatoms. The van der Waals surface area contributed by atoms with Gasteiger partial charge in [-0.15, -0.1) is 10.1 Å². The zero-order valence-electron chi connectivity index (χ0n) is 15.0. The standard InChI is InChI=1S/C17H14P.C5H5.Fe.HNO3/c1-3-9-15(10-4-1)18(17-13-7-8-14-17)16-11-5-2-6-12-16;1-2-4-5-3-1;;2-1(3)4/h1-14H;1-5H;;(H,2,3,4). The van der Waals surface area contributed by atoms with Gasteiger partial charge in [0.15, 0.2) is 0 Å². The molecule has 0 amide bonds. The van der Waals surface area contributed by atoms with Gasteiger partial charge in [0.25, 0.3) is 5.09 Å². The molecule has 2 aromatic carbocycles. The molecule has 4 unspecified atom stereocenters. The minimum absolute atomic E-state index is 0.0683. The third-order valence-corrected chi connectivity index (χ3v) is 66.3. The normalized spacial score (nSPS) is 76.1. The monoisotopic (exact) mass is 433 g/mol. The molecule has 10 heterocycles. The van der Waals surface area contributed by atoms with E-state index in [2.05, 4.69) is 60.7 Å². The van der Waals surface area contributed by atoms with Crippen LogP contribution >= 0.6 is 7.92 Å². The molecule has 0 aliphatic carbocycles. The van der Waals surface area contributed by atoms with Gasteiger partial charge in [-0.25, -0.2) is 0 Å². The van der Waals surface area contributed by atoms with Gasteiger partial charge in [-0.05, 0) is 0 Å². The summed E-state index contributed by atoms with van der Waals surface area (Å²) in [6.07, 6.45) is 0. The first-order valence-corrected chi connectivity index (χ1v) is 17.9. The van der Waals surface area contributed by atoms with Crippen LogP contribution < -0.4 is 10.6 Å². The molecule has 10 saturated heterocycles. The Morgan fingerprint density at radius 2 is 1.14 bits per heavy atom. The molecule has 10 aliphatic heterocycles. The van der Waals surface area contributed by atoms with Crippen LogP contribution in [0.25, 0.3) is 0 Å². The van der Waals surface area contributed by atoms with Crippen molar-refractivity contribution in [3.05, 3.63) is 70.8 Å². The van der Waals surface area contributed by atoms with Crippen LogP contribution in [0.15, 0.2) is 60.7 Å². The van der Waals surface area contributed by atoms with Gasteiger partial charge >= 0.3 is 133 Å². The maximum absolute atomic E-state index is 8.36. The van der Waals surface area contributed by atoms with Gasteiger partial charge in [-0.2, -0.15) is 0 Å². The van der Waals surface area contributed by atoms with E-state index >= 15 is 0 Å². The summed E-state index contributed by atoms with van der Waals surface area (Å²) in [6, 6.07) is 23.7. The van der Waals surface area contributed by atoms with Crippen LogP contribution in [0.1, 0.15) is 0 Å². The van der Waals surface area contributed by atoms with E-state index in [4.69, 9.17) is 15.3 Å². The first kappa shape index (κ1) is 13.0. The molecule has 1 spiro atoms. The molecule has 2 aromatic rings. The summed E-state index contributed by atoms with van der Waals surface area (Å²) in [5.74, 6) is 0. The van der Waals surface area contributed by atoms with Gasteiger partial charge in [-0.1, -0.05) is 0 Å².